The second-order valence-corrected chi connectivity index (χ2v) is 4.28. The Labute approximate surface area is 85.3 Å². The Morgan fingerprint density at radius 1 is 1.47 bits per heavy atom. The van der Waals surface area contributed by atoms with Gasteiger partial charge >= 0.3 is 7.60 Å². The SMILES string of the molecule is COc1ccc(C(=O)[O-])c(P(=O)(O)O)c1. The van der Waals surface area contributed by atoms with Gasteiger partial charge in [-0.05, 0) is 18.2 Å². The van der Waals surface area contributed by atoms with Crippen molar-refractivity contribution in [2.45, 2.75) is 0 Å². The molecule has 1 aromatic rings. The molecule has 0 amide bonds. The molecule has 82 valence electrons. The molecule has 0 unspecified atom stereocenters. The van der Waals surface area contributed by atoms with Crippen molar-refractivity contribution in [2.24, 2.45) is 0 Å². The van der Waals surface area contributed by atoms with Gasteiger partial charge in [-0.25, -0.2) is 0 Å². The minimum absolute atomic E-state index is 0.165. The van der Waals surface area contributed by atoms with Gasteiger partial charge in [0.05, 0.1) is 18.4 Å². The number of benzene rings is 1. The molecule has 0 saturated carbocycles. The number of ether oxygens (including phenoxy) is 1. The highest BCUT2D eigenvalue weighted by Crippen LogP contribution is 2.35. The van der Waals surface area contributed by atoms with Crippen molar-refractivity contribution in [3.05, 3.63) is 23.8 Å². The van der Waals surface area contributed by atoms with Gasteiger partial charge in [-0.15, -0.1) is 0 Å². The van der Waals surface area contributed by atoms with Crippen LogP contribution in [0.25, 0.3) is 0 Å². The fourth-order valence-corrected chi connectivity index (χ4v) is 1.83. The summed E-state index contributed by atoms with van der Waals surface area (Å²) in [5.74, 6) is -1.48. The number of carboxylic acid groups (broad SMARTS) is 1. The monoisotopic (exact) mass is 231 g/mol. The molecule has 6 nitrogen and oxygen atoms in total. The van der Waals surface area contributed by atoms with Gasteiger partial charge in [0.15, 0.2) is 0 Å². The van der Waals surface area contributed by atoms with Crippen molar-refractivity contribution in [1.82, 2.24) is 0 Å². The van der Waals surface area contributed by atoms with Gasteiger partial charge in [0.25, 0.3) is 0 Å². The highest BCUT2D eigenvalue weighted by molar-refractivity contribution is 7.60. The third kappa shape index (κ3) is 2.56. The number of carbonyl (C=O) groups excluding carboxylic acids is 1. The molecule has 0 aromatic heterocycles. The van der Waals surface area contributed by atoms with Crippen molar-refractivity contribution in [3.8, 4) is 5.75 Å². The summed E-state index contributed by atoms with van der Waals surface area (Å²) in [7, 11) is -3.35. The topological polar surface area (TPSA) is 107 Å². The molecule has 0 radical (unpaired) electrons. The van der Waals surface area contributed by atoms with E-state index in [1.807, 2.05) is 0 Å². The molecule has 15 heavy (non-hydrogen) atoms. The summed E-state index contributed by atoms with van der Waals surface area (Å²) in [6, 6.07) is 3.29. The lowest BCUT2D eigenvalue weighted by Gasteiger charge is -2.12. The zero-order chi connectivity index (χ0) is 11.6. The first-order valence-corrected chi connectivity index (χ1v) is 5.43. The lowest BCUT2D eigenvalue weighted by atomic mass is 10.2. The van der Waals surface area contributed by atoms with E-state index in [1.54, 1.807) is 0 Å². The second-order valence-electron chi connectivity index (χ2n) is 2.71. The Bertz CT molecular complexity index is 435. The van der Waals surface area contributed by atoms with E-state index in [1.165, 1.54) is 13.2 Å². The molecular formula is C8H8O6P-. The zero-order valence-electron chi connectivity index (χ0n) is 7.71. The van der Waals surface area contributed by atoms with Gasteiger partial charge in [-0.2, -0.15) is 0 Å². The molecule has 2 N–H and O–H groups in total. The molecule has 0 saturated heterocycles. The van der Waals surface area contributed by atoms with Crippen molar-refractivity contribution >= 4 is 18.9 Å². The summed E-state index contributed by atoms with van der Waals surface area (Å²) in [4.78, 5) is 28.4. The Morgan fingerprint density at radius 2 is 2.07 bits per heavy atom. The summed E-state index contributed by atoms with van der Waals surface area (Å²) in [5, 5.41) is 9.96. The lowest BCUT2D eigenvalue weighted by molar-refractivity contribution is -0.254. The molecular weight excluding hydrogens is 223 g/mol. The molecule has 0 fully saturated rings. The van der Waals surface area contributed by atoms with Crippen LogP contribution in [0.1, 0.15) is 10.4 Å². The number of methoxy groups -OCH3 is 1. The second kappa shape index (κ2) is 4.02. The van der Waals surface area contributed by atoms with Crippen LogP contribution in [0.3, 0.4) is 0 Å². The number of hydrogen-bond donors (Lipinski definition) is 2. The first kappa shape index (κ1) is 11.7. The van der Waals surface area contributed by atoms with E-state index < -0.39 is 24.4 Å². The maximum atomic E-state index is 11.0. The van der Waals surface area contributed by atoms with Crippen LogP contribution in [0.15, 0.2) is 18.2 Å². The number of carboxylic acids is 1. The fraction of sp³-hybridized carbons (Fsp3) is 0.125. The Hall–Kier alpha value is -1.36. The maximum Gasteiger partial charge on any atom is 0.357 e. The standard InChI is InChI=1S/C8H9O6P/c1-14-5-2-3-6(8(9)10)7(4-5)15(11,12)13/h2-4H,1H3,(H,9,10)(H2,11,12,13)/p-1. The number of hydrogen-bond acceptors (Lipinski definition) is 4. The van der Waals surface area contributed by atoms with Crippen LogP contribution >= 0.6 is 7.60 Å². The van der Waals surface area contributed by atoms with E-state index in [2.05, 4.69) is 0 Å². The average Bonchev–Trinajstić information content (AvgIpc) is 2.15. The first-order chi connectivity index (χ1) is 6.86. The van der Waals surface area contributed by atoms with Crippen molar-refractivity contribution in [3.63, 3.8) is 0 Å². The maximum absolute atomic E-state index is 11.0. The highest BCUT2D eigenvalue weighted by atomic mass is 31.2. The zero-order valence-corrected chi connectivity index (χ0v) is 8.60. The molecule has 0 atom stereocenters. The molecule has 0 spiro atoms. The smallest absolute Gasteiger partial charge is 0.357 e. The van der Waals surface area contributed by atoms with Gasteiger partial charge in [-0.1, -0.05) is 0 Å². The fourth-order valence-electron chi connectivity index (χ4n) is 1.05. The van der Waals surface area contributed by atoms with Gasteiger partial charge in [-0.3, -0.25) is 4.57 Å². The van der Waals surface area contributed by atoms with E-state index in [0.717, 1.165) is 12.1 Å². The lowest BCUT2D eigenvalue weighted by Crippen LogP contribution is -2.28. The van der Waals surface area contributed by atoms with Gasteiger partial charge in [0, 0.05) is 5.56 Å². The average molecular weight is 231 g/mol. The quantitative estimate of drug-likeness (QED) is 0.637. The van der Waals surface area contributed by atoms with Crippen LogP contribution in [0, 0.1) is 0 Å². The summed E-state index contributed by atoms with van der Waals surface area (Å²) < 4.78 is 15.7. The minimum atomic E-state index is -4.65. The normalized spacial score (nSPS) is 11.1. The van der Waals surface area contributed by atoms with Crippen LogP contribution < -0.4 is 15.1 Å². The molecule has 0 aliphatic carbocycles. The summed E-state index contributed by atoms with van der Waals surface area (Å²) in [6.07, 6.45) is 0. The summed E-state index contributed by atoms with van der Waals surface area (Å²) in [5.41, 5.74) is -0.538. The van der Waals surface area contributed by atoms with E-state index in [9.17, 15) is 14.5 Å². The van der Waals surface area contributed by atoms with Crippen molar-refractivity contribution < 1.29 is 29.0 Å². The molecule has 7 heteroatoms. The number of rotatable bonds is 3. The third-order valence-corrected chi connectivity index (χ3v) is 2.74. The molecule has 0 aliphatic heterocycles. The van der Waals surface area contributed by atoms with Crippen LogP contribution in [0.4, 0.5) is 0 Å². The van der Waals surface area contributed by atoms with Gasteiger partial charge in [0.1, 0.15) is 5.75 Å². The van der Waals surface area contributed by atoms with Gasteiger partial charge < -0.3 is 24.4 Å². The summed E-state index contributed by atoms with van der Waals surface area (Å²) in [6.45, 7) is 0. The molecule has 1 rings (SSSR count). The third-order valence-electron chi connectivity index (χ3n) is 1.74. The van der Waals surface area contributed by atoms with E-state index in [-0.39, 0.29) is 5.75 Å². The minimum Gasteiger partial charge on any atom is -0.545 e. The van der Waals surface area contributed by atoms with Crippen LogP contribution in [0.2, 0.25) is 0 Å². The molecule has 0 heterocycles. The van der Waals surface area contributed by atoms with E-state index in [4.69, 9.17) is 14.5 Å². The number of carbonyl (C=O) groups is 1. The Balaban J connectivity index is 3.43. The predicted octanol–water partition coefficient (Wildman–Crippen LogP) is -1.14. The van der Waals surface area contributed by atoms with Crippen molar-refractivity contribution in [2.75, 3.05) is 7.11 Å². The van der Waals surface area contributed by atoms with Crippen LogP contribution in [-0.4, -0.2) is 22.9 Å². The number of aromatic carboxylic acids is 1. The first-order valence-electron chi connectivity index (χ1n) is 3.81. The Morgan fingerprint density at radius 3 is 2.47 bits per heavy atom. The Kier molecular flexibility index (Phi) is 3.14. The molecule has 0 aliphatic rings. The van der Waals surface area contributed by atoms with E-state index >= 15 is 0 Å². The predicted molar refractivity (Wildman–Crippen MR) is 49.0 cm³/mol. The highest BCUT2D eigenvalue weighted by Gasteiger charge is 2.22. The van der Waals surface area contributed by atoms with E-state index in [0.29, 0.717) is 0 Å². The van der Waals surface area contributed by atoms with Crippen LogP contribution in [-0.2, 0) is 4.57 Å². The van der Waals surface area contributed by atoms with Crippen molar-refractivity contribution in [1.29, 1.82) is 0 Å². The largest absolute Gasteiger partial charge is 0.545 e. The summed E-state index contributed by atoms with van der Waals surface area (Å²) >= 11 is 0. The van der Waals surface area contributed by atoms with Gasteiger partial charge in [0.2, 0.25) is 0 Å². The molecule has 0 bridgehead atoms. The van der Waals surface area contributed by atoms with Crippen LogP contribution in [0.5, 0.6) is 5.75 Å². The molecule has 1 aromatic carbocycles.